The molecule has 0 aliphatic heterocycles. The van der Waals surface area contributed by atoms with Crippen LogP contribution in [0, 0.1) is 0 Å². The quantitative estimate of drug-likeness (QED) is 0.603. The molecule has 0 aromatic heterocycles. The molecule has 0 atom stereocenters. The van der Waals surface area contributed by atoms with Crippen molar-refractivity contribution in [2.75, 3.05) is 18.0 Å². The van der Waals surface area contributed by atoms with Gasteiger partial charge in [0, 0.05) is 28.8 Å². The minimum atomic E-state index is 0.702. The van der Waals surface area contributed by atoms with Crippen LogP contribution in [0.3, 0.4) is 0 Å². The van der Waals surface area contributed by atoms with Crippen molar-refractivity contribution in [1.29, 1.82) is 0 Å². The standard InChI is InChI=1S/C12H14BrNO/c1-3-7-14(4-2)12-6-5-11(13)8-10(12)9-15/h3,5-6,8-9H,1,4,7H2,2H3. The molecule has 0 spiro atoms. The van der Waals surface area contributed by atoms with E-state index in [0.29, 0.717) is 5.56 Å². The minimum Gasteiger partial charge on any atom is -0.368 e. The molecule has 2 nitrogen and oxygen atoms in total. The van der Waals surface area contributed by atoms with E-state index in [0.717, 1.165) is 29.5 Å². The number of carbonyl (C=O) groups excluding carboxylic acids is 1. The molecule has 1 rings (SSSR count). The van der Waals surface area contributed by atoms with E-state index >= 15 is 0 Å². The van der Waals surface area contributed by atoms with E-state index in [4.69, 9.17) is 0 Å². The zero-order valence-electron chi connectivity index (χ0n) is 8.74. The van der Waals surface area contributed by atoms with Crippen molar-refractivity contribution in [2.45, 2.75) is 6.92 Å². The van der Waals surface area contributed by atoms with Crippen molar-refractivity contribution in [2.24, 2.45) is 0 Å². The summed E-state index contributed by atoms with van der Waals surface area (Å²) in [6.45, 7) is 7.37. The van der Waals surface area contributed by atoms with Gasteiger partial charge in [0.05, 0.1) is 0 Å². The van der Waals surface area contributed by atoms with Gasteiger partial charge in [-0.2, -0.15) is 0 Å². The number of rotatable bonds is 5. The minimum absolute atomic E-state index is 0.702. The molecule has 80 valence electrons. The number of hydrogen-bond donors (Lipinski definition) is 0. The van der Waals surface area contributed by atoms with E-state index in [1.54, 1.807) is 0 Å². The third-order valence-corrected chi connectivity index (χ3v) is 2.68. The van der Waals surface area contributed by atoms with E-state index in [9.17, 15) is 4.79 Å². The SMILES string of the molecule is C=CCN(CC)c1ccc(Br)cc1C=O. The first-order chi connectivity index (χ1) is 7.22. The maximum absolute atomic E-state index is 10.9. The monoisotopic (exact) mass is 267 g/mol. The lowest BCUT2D eigenvalue weighted by molar-refractivity contribution is 0.112. The number of carbonyl (C=O) groups is 1. The molecule has 1 aromatic carbocycles. The molecule has 15 heavy (non-hydrogen) atoms. The summed E-state index contributed by atoms with van der Waals surface area (Å²) < 4.78 is 0.919. The van der Waals surface area contributed by atoms with Crippen molar-refractivity contribution < 1.29 is 4.79 Å². The number of likely N-dealkylation sites (N-methyl/N-ethyl adjacent to an activating group) is 1. The molecule has 0 heterocycles. The third kappa shape index (κ3) is 2.93. The van der Waals surface area contributed by atoms with E-state index in [-0.39, 0.29) is 0 Å². The summed E-state index contributed by atoms with van der Waals surface area (Å²) in [7, 11) is 0. The number of benzene rings is 1. The molecule has 3 heteroatoms. The Morgan fingerprint density at radius 3 is 2.80 bits per heavy atom. The van der Waals surface area contributed by atoms with Crippen LogP contribution in [0.5, 0.6) is 0 Å². The van der Waals surface area contributed by atoms with Crippen LogP contribution in [0.2, 0.25) is 0 Å². The van der Waals surface area contributed by atoms with Crippen LogP contribution in [0.1, 0.15) is 17.3 Å². The van der Waals surface area contributed by atoms with Crippen LogP contribution >= 0.6 is 15.9 Å². The van der Waals surface area contributed by atoms with Gasteiger partial charge in [0.2, 0.25) is 0 Å². The average molecular weight is 268 g/mol. The Hall–Kier alpha value is -1.09. The van der Waals surface area contributed by atoms with E-state index in [1.807, 2.05) is 24.3 Å². The first kappa shape index (κ1) is 12.0. The summed E-state index contributed by atoms with van der Waals surface area (Å²) in [4.78, 5) is 13.0. The van der Waals surface area contributed by atoms with Crippen LogP contribution in [0.15, 0.2) is 35.3 Å². The number of nitrogens with zero attached hydrogens (tertiary/aromatic N) is 1. The van der Waals surface area contributed by atoms with Gasteiger partial charge in [0.15, 0.2) is 6.29 Å². The predicted octanol–water partition coefficient (Wildman–Crippen LogP) is 3.27. The fourth-order valence-electron chi connectivity index (χ4n) is 1.46. The van der Waals surface area contributed by atoms with Crippen LogP contribution in [-0.2, 0) is 0 Å². The fraction of sp³-hybridized carbons (Fsp3) is 0.250. The molecule has 0 saturated carbocycles. The van der Waals surface area contributed by atoms with Gasteiger partial charge in [0.25, 0.3) is 0 Å². The zero-order valence-corrected chi connectivity index (χ0v) is 10.3. The highest BCUT2D eigenvalue weighted by molar-refractivity contribution is 9.10. The van der Waals surface area contributed by atoms with Crippen molar-refractivity contribution in [3.8, 4) is 0 Å². The molecule has 1 aromatic rings. The Morgan fingerprint density at radius 2 is 2.27 bits per heavy atom. The zero-order chi connectivity index (χ0) is 11.3. The second-order valence-electron chi connectivity index (χ2n) is 3.15. The van der Waals surface area contributed by atoms with E-state index in [2.05, 4.69) is 34.3 Å². The van der Waals surface area contributed by atoms with Crippen LogP contribution in [0.4, 0.5) is 5.69 Å². The number of anilines is 1. The number of halogens is 1. The van der Waals surface area contributed by atoms with Crippen LogP contribution < -0.4 is 4.90 Å². The Balaban J connectivity index is 3.10. The smallest absolute Gasteiger partial charge is 0.152 e. The van der Waals surface area contributed by atoms with Gasteiger partial charge < -0.3 is 4.90 Å². The van der Waals surface area contributed by atoms with Gasteiger partial charge in [0.1, 0.15) is 0 Å². The van der Waals surface area contributed by atoms with Gasteiger partial charge in [-0.25, -0.2) is 0 Å². The summed E-state index contributed by atoms with van der Waals surface area (Å²) in [6, 6.07) is 5.71. The molecule has 0 aliphatic rings. The molecule has 0 saturated heterocycles. The van der Waals surface area contributed by atoms with Crippen molar-refractivity contribution in [3.63, 3.8) is 0 Å². The summed E-state index contributed by atoms with van der Waals surface area (Å²) in [5.74, 6) is 0. The highest BCUT2D eigenvalue weighted by Crippen LogP contribution is 2.23. The normalized spacial score (nSPS) is 9.73. The molecule has 0 amide bonds. The molecule has 0 N–H and O–H groups in total. The summed E-state index contributed by atoms with van der Waals surface area (Å²) in [5, 5.41) is 0. The largest absolute Gasteiger partial charge is 0.368 e. The second-order valence-corrected chi connectivity index (χ2v) is 4.06. The van der Waals surface area contributed by atoms with Crippen LogP contribution in [0.25, 0.3) is 0 Å². The molecular formula is C12H14BrNO. The highest BCUT2D eigenvalue weighted by atomic mass is 79.9. The summed E-state index contributed by atoms with van der Waals surface area (Å²) >= 11 is 3.35. The Morgan fingerprint density at radius 1 is 1.53 bits per heavy atom. The lowest BCUT2D eigenvalue weighted by Gasteiger charge is -2.22. The van der Waals surface area contributed by atoms with Crippen LogP contribution in [-0.4, -0.2) is 19.4 Å². The van der Waals surface area contributed by atoms with Gasteiger partial charge in [-0.05, 0) is 25.1 Å². The highest BCUT2D eigenvalue weighted by Gasteiger charge is 2.08. The maximum Gasteiger partial charge on any atom is 0.152 e. The fourth-order valence-corrected chi connectivity index (χ4v) is 1.84. The molecule has 0 fully saturated rings. The molecule has 0 unspecified atom stereocenters. The second kappa shape index (κ2) is 5.71. The maximum atomic E-state index is 10.9. The number of aldehydes is 1. The Kier molecular flexibility index (Phi) is 4.56. The number of hydrogen-bond acceptors (Lipinski definition) is 2. The summed E-state index contributed by atoms with van der Waals surface area (Å²) in [6.07, 6.45) is 2.71. The third-order valence-electron chi connectivity index (χ3n) is 2.19. The molecule has 0 aliphatic carbocycles. The Labute approximate surface area is 98.7 Å². The predicted molar refractivity (Wildman–Crippen MR) is 67.6 cm³/mol. The molecule has 0 bridgehead atoms. The molecular weight excluding hydrogens is 254 g/mol. The average Bonchev–Trinajstić information content (AvgIpc) is 2.26. The van der Waals surface area contributed by atoms with Gasteiger partial charge >= 0.3 is 0 Å². The van der Waals surface area contributed by atoms with Crippen molar-refractivity contribution >= 4 is 27.9 Å². The van der Waals surface area contributed by atoms with E-state index in [1.165, 1.54) is 0 Å². The van der Waals surface area contributed by atoms with Gasteiger partial charge in [-0.3, -0.25) is 4.79 Å². The van der Waals surface area contributed by atoms with E-state index < -0.39 is 0 Å². The van der Waals surface area contributed by atoms with Crippen molar-refractivity contribution in [3.05, 3.63) is 40.9 Å². The first-order valence-corrected chi connectivity index (χ1v) is 5.62. The van der Waals surface area contributed by atoms with Crippen molar-refractivity contribution in [1.82, 2.24) is 0 Å². The summed E-state index contributed by atoms with van der Waals surface area (Å²) in [5.41, 5.74) is 1.66. The lowest BCUT2D eigenvalue weighted by atomic mass is 10.1. The first-order valence-electron chi connectivity index (χ1n) is 4.83. The van der Waals surface area contributed by atoms with Gasteiger partial charge in [-0.15, -0.1) is 6.58 Å². The Bertz CT molecular complexity index is 363. The van der Waals surface area contributed by atoms with Gasteiger partial charge in [-0.1, -0.05) is 22.0 Å². The lowest BCUT2D eigenvalue weighted by Crippen LogP contribution is -2.23. The molecule has 0 radical (unpaired) electrons. The topological polar surface area (TPSA) is 20.3 Å².